The summed E-state index contributed by atoms with van der Waals surface area (Å²) in [7, 11) is 0. The van der Waals surface area contributed by atoms with E-state index in [-0.39, 0.29) is 12.6 Å². The average molecular weight is 182 g/mol. The third-order valence-electron chi connectivity index (χ3n) is 1.67. The molecule has 1 heterocycles. The van der Waals surface area contributed by atoms with Gasteiger partial charge in [0.1, 0.15) is 18.1 Å². The van der Waals surface area contributed by atoms with Crippen molar-refractivity contribution in [3.05, 3.63) is 23.7 Å². The third-order valence-corrected chi connectivity index (χ3v) is 1.67. The van der Waals surface area contributed by atoms with E-state index in [1.807, 2.05) is 12.1 Å². The van der Waals surface area contributed by atoms with Crippen LogP contribution >= 0.6 is 0 Å². The zero-order chi connectivity index (χ0) is 9.84. The monoisotopic (exact) mass is 182 g/mol. The smallest absolute Gasteiger partial charge is 0.303 e. The number of hydrogen-bond acceptors (Lipinski definition) is 3. The van der Waals surface area contributed by atoms with Gasteiger partial charge in [-0.3, -0.25) is 4.79 Å². The Labute approximate surface area is 77.7 Å². The molecule has 3 heteroatoms. The van der Waals surface area contributed by atoms with Gasteiger partial charge in [-0.25, -0.2) is 0 Å². The fourth-order valence-corrected chi connectivity index (χ4v) is 0.955. The lowest BCUT2D eigenvalue weighted by atomic mass is 10.2. The van der Waals surface area contributed by atoms with Crippen LogP contribution in [-0.2, 0) is 16.1 Å². The molecule has 1 aromatic rings. The quantitative estimate of drug-likeness (QED) is 0.674. The molecule has 0 aliphatic carbocycles. The molecule has 0 bridgehead atoms. The first-order chi connectivity index (χ1) is 6.09. The maximum absolute atomic E-state index is 10.5. The van der Waals surface area contributed by atoms with Crippen molar-refractivity contribution in [2.24, 2.45) is 0 Å². The number of esters is 1. The highest BCUT2D eigenvalue weighted by Crippen LogP contribution is 2.17. The van der Waals surface area contributed by atoms with Crippen molar-refractivity contribution in [1.29, 1.82) is 0 Å². The second kappa shape index (κ2) is 4.12. The molecule has 72 valence electrons. The van der Waals surface area contributed by atoms with Crippen LogP contribution in [0.1, 0.15) is 38.2 Å². The van der Waals surface area contributed by atoms with Gasteiger partial charge in [0.2, 0.25) is 0 Å². The maximum Gasteiger partial charge on any atom is 0.303 e. The molecular formula is C10H14O3. The van der Waals surface area contributed by atoms with Crippen molar-refractivity contribution in [2.45, 2.75) is 33.3 Å². The summed E-state index contributed by atoms with van der Waals surface area (Å²) in [6.45, 7) is 5.71. The minimum atomic E-state index is -0.289. The Bertz CT molecular complexity index is 286. The molecule has 1 aromatic heterocycles. The zero-order valence-electron chi connectivity index (χ0n) is 8.16. The molecule has 0 saturated carbocycles. The predicted octanol–water partition coefficient (Wildman–Crippen LogP) is 2.47. The topological polar surface area (TPSA) is 39.4 Å². The van der Waals surface area contributed by atoms with Gasteiger partial charge < -0.3 is 9.15 Å². The summed E-state index contributed by atoms with van der Waals surface area (Å²) in [6, 6.07) is 3.74. The van der Waals surface area contributed by atoms with Crippen molar-refractivity contribution in [3.63, 3.8) is 0 Å². The fourth-order valence-electron chi connectivity index (χ4n) is 0.955. The SMILES string of the molecule is CC(=O)OCc1ccc(C(C)C)o1. The van der Waals surface area contributed by atoms with Gasteiger partial charge >= 0.3 is 5.97 Å². The molecule has 0 aliphatic heterocycles. The van der Waals surface area contributed by atoms with E-state index in [1.54, 1.807) is 0 Å². The maximum atomic E-state index is 10.5. The van der Waals surface area contributed by atoms with Gasteiger partial charge in [0, 0.05) is 12.8 Å². The summed E-state index contributed by atoms with van der Waals surface area (Å²) in [5, 5.41) is 0. The number of rotatable bonds is 3. The van der Waals surface area contributed by atoms with Gasteiger partial charge in [-0.2, -0.15) is 0 Å². The summed E-state index contributed by atoms with van der Waals surface area (Å²) in [5.74, 6) is 1.69. The van der Waals surface area contributed by atoms with E-state index in [9.17, 15) is 4.79 Å². The Morgan fingerprint density at radius 3 is 2.69 bits per heavy atom. The van der Waals surface area contributed by atoms with E-state index < -0.39 is 0 Å². The molecule has 3 nitrogen and oxygen atoms in total. The fraction of sp³-hybridized carbons (Fsp3) is 0.500. The van der Waals surface area contributed by atoms with Crippen molar-refractivity contribution >= 4 is 5.97 Å². The summed E-state index contributed by atoms with van der Waals surface area (Å²) in [6.07, 6.45) is 0. The van der Waals surface area contributed by atoms with Crippen LogP contribution in [0.4, 0.5) is 0 Å². The molecule has 0 spiro atoms. The van der Waals surface area contributed by atoms with Gasteiger partial charge in [-0.1, -0.05) is 13.8 Å². The molecule has 0 radical (unpaired) electrons. The van der Waals surface area contributed by atoms with E-state index >= 15 is 0 Å². The second-order valence-electron chi connectivity index (χ2n) is 3.24. The van der Waals surface area contributed by atoms with Crippen LogP contribution < -0.4 is 0 Å². The van der Waals surface area contributed by atoms with Crippen molar-refractivity contribution < 1.29 is 13.9 Å². The summed E-state index contributed by atoms with van der Waals surface area (Å²) in [5.41, 5.74) is 0. The standard InChI is InChI=1S/C10H14O3/c1-7(2)10-5-4-9(13-10)6-12-8(3)11/h4-5,7H,6H2,1-3H3. The molecule has 0 atom stereocenters. The predicted molar refractivity (Wildman–Crippen MR) is 48.3 cm³/mol. The Kier molecular flexibility index (Phi) is 3.12. The Morgan fingerprint density at radius 1 is 1.54 bits per heavy atom. The normalized spacial score (nSPS) is 10.5. The first-order valence-electron chi connectivity index (χ1n) is 4.31. The van der Waals surface area contributed by atoms with Gasteiger partial charge in [0.15, 0.2) is 0 Å². The van der Waals surface area contributed by atoms with Crippen LogP contribution in [-0.4, -0.2) is 5.97 Å². The number of carbonyl (C=O) groups is 1. The van der Waals surface area contributed by atoms with E-state index in [1.165, 1.54) is 6.92 Å². The molecule has 0 N–H and O–H groups in total. The van der Waals surface area contributed by atoms with Gasteiger partial charge in [0.05, 0.1) is 0 Å². The van der Waals surface area contributed by atoms with Crippen molar-refractivity contribution in [1.82, 2.24) is 0 Å². The van der Waals surface area contributed by atoms with E-state index in [0.29, 0.717) is 11.7 Å². The van der Waals surface area contributed by atoms with Crippen molar-refractivity contribution in [2.75, 3.05) is 0 Å². The van der Waals surface area contributed by atoms with Crippen LogP contribution in [0.15, 0.2) is 16.5 Å². The lowest BCUT2D eigenvalue weighted by Crippen LogP contribution is -1.97. The number of furan rings is 1. The minimum absolute atomic E-state index is 0.224. The van der Waals surface area contributed by atoms with Crippen LogP contribution in [0, 0.1) is 0 Å². The first kappa shape index (κ1) is 9.84. The highest BCUT2D eigenvalue weighted by molar-refractivity contribution is 5.65. The van der Waals surface area contributed by atoms with E-state index in [2.05, 4.69) is 13.8 Å². The van der Waals surface area contributed by atoms with Crippen molar-refractivity contribution in [3.8, 4) is 0 Å². The second-order valence-corrected chi connectivity index (χ2v) is 3.24. The first-order valence-corrected chi connectivity index (χ1v) is 4.31. The number of hydrogen-bond donors (Lipinski definition) is 0. The van der Waals surface area contributed by atoms with Gasteiger partial charge in [-0.05, 0) is 12.1 Å². The minimum Gasteiger partial charge on any atom is -0.462 e. The molecule has 0 fully saturated rings. The highest BCUT2D eigenvalue weighted by atomic mass is 16.5. The Hall–Kier alpha value is -1.25. The molecule has 0 amide bonds. The lowest BCUT2D eigenvalue weighted by Gasteiger charge is -1.99. The molecular weight excluding hydrogens is 168 g/mol. The summed E-state index contributed by atoms with van der Waals surface area (Å²) >= 11 is 0. The van der Waals surface area contributed by atoms with Crippen LogP contribution in [0.25, 0.3) is 0 Å². The molecule has 13 heavy (non-hydrogen) atoms. The molecule has 1 rings (SSSR count). The Morgan fingerprint density at radius 2 is 2.23 bits per heavy atom. The largest absolute Gasteiger partial charge is 0.462 e. The number of carbonyl (C=O) groups excluding carboxylic acids is 1. The van der Waals surface area contributed by atoms with Crippen LogP contribution in [0.2, 0.25) is 0 Å². The van der Waals surface area contributed by atoms with E-state index in [0.717, 1.165) is 5.76 Å². The Balaban J connectivity index is 2.54. The third kappa shape index (κ3) is 2.93. The van der Waals surface area contributed by atoms with Gasteiger partial charge in [0.25, 0.3) is 0 Å². The summed E-state index contributed by atoms with van der Waals surface area (Å²) in [4.78, 5) is 10.5. The van der Waals surface area contributed by atoms with Crippen LogP contribution in [0.5, 0.6) is 0 Å². The highest BCUT2D eigenvalue weighted by Gasteiger charge is 2.06. The lowest BCUT2D eigenvalue weighted by molar-refractivity contribution is -0.142. The molecule has 0 unspecified atom stereocenters. The van der Waals surface area contributed by atoms with E-state index in [4.69, 9.17) is 9.15 Å². The summed E-state index contributed by atoms with van der Waals surface area (Å²) < 4.78 is 10.2. The number of ether oxygens (including phenoxy) is 1. The molecule has 0 aliphatic rings. The molecule has 0 aromatic carbocycles. The average Bonchev–Trinajstić information content (AvgIpc) is 2.48. The van der Waals surface area contributed by atoms with Gasteiger partial charge in [-0.15, -0.1) is 0 Å². The van der Waals surface area contributed by atoms with Crippen LogP contribution in [0.3, 0.4) is 0 Å². The molecule has 0 saturated heterocycles. The zero-order valence-corrected chi connectivity index (χ0v) is 8.16.